The zero-order chi connectivity index (χ0) is 29.0. The van der Waals surface area contributed by atoms with Crippen LogP contribution in [-0.2, 0) is 14.8 Å². The number of benzene rings is 3. The number of carbonyl (C=O) groups is 1. The summed E-state index contributed by atoms with van der Waals surface area (Å²) in [6, 6.07) is 19.3. The molecule has 12 heteroatoms. The van der Waals surface area contributed by atoms with E-state index in [-0.39, 0.29) is 15.6 Å². The van der Waals surface area contributed by atoms with E-state index in [0.29, 0.717) is 21.5 Å². The summed E-state index contributed by atoms with van der Waals surface area (Å²) >= 11 is 18.8. The van der Waals surface area contributed by atoms with Crippen molar-refractivity contribution in [3.05, 3.63) is 105 Å². The lowest BCUT2D eigenvalue weighted by atomic mass is 10.2. The fraction of sp³-hybridized carbons (Fsp3) is 0.143. The topological polar surface area (TPSA) is 93.0 Å². The SMILES string of the molecule is COc1ccc(N(CC(=O)N/N=C/c2cc(C)n(-c3cc(Cl)ccc3Cl)c2C)S(=O)(=O)c2ccccc2)cc1Cl. The predicted molar refractivity (Wildman–Crippen MR) is 160 cm³/mol. The van der Waals surface area contributed by atoms with Gasteiger partial charge in [0.1, 0.15) is 12.3 Å². The van der Waals surface area contributed by atoms with Crippen molar-refractivity contribution in [2.45, 2.75) is 18.7 Å². The highest BCUT2D eigenvalue weighted by Crippen LogP contribution is 2.32. The van der Waals surface area contributed by atoms with Crippen LogP contribution in [0, 0.1) is 13.8 Å². The molecule has 0 fully saturated rings. The van der Waals surface area contributed by atoms with Gasteiger partial charge in [-0.2, -0.15) is 5.10 Å². The van der Waals surface area contributed by atoms with Crippen LogP contribution in [0.4, 0.5) is 5.69 Å². The second-order valence-electron chi connectivity index (χ2n) is 8.69. The van der Waals surface area contributed by atoms with Crippen LogP contribution in [0.1, 0.15) is 17.0 Å². The summed E-state index contributed by atoms with van der Waals surface area (Å²) in [5.74, 6) is -0.289. The number of rotatable bonds is 9. The number of aryl methyl sites for hydroxylation is 1. The van der Waals surface area contributed by atoms with Gasteiger partial charge in [-0.1, -0.05) is 53.0 Å². The summed E-state index contributed by atoms with van der Waals surface area (Å²) in [6.07, 6.45) is 1.48. The molecule has 0 bridgehead atoms. The number of amides is 1. The zero-order valence-electron chi connectivity index (χ0n) is 21.7. The number of hydrogen-bond donors (Lipinski definition) is 1. The largest absolute Gasteiger partial charge is 0.495 e. The first-order valence-corrected chi connectivity index (χ1v) is 14.5. The van der Waals surface area contributed by atoms with Crippen LogP contribution in [0.5, 0.6) is 5.75 Å². The molecule has 1 amide bonds. The maximum atomic E-state index is 13.5. The fourth-order valence-electron chi connectivity index (χ4n) is 4.13. The molecule has 0 saturated heterocycles. The number of aromatic nitrogens is 1. The highest BCUT2D eigenvalue weighted by molar-refractivity contribution is 7.92. The van der Waals surface area contributed by atoms with Crippen molar-refractivity contribution < 1.29 is 17.9 Å². The summed E-state index contributed by atoms with van der Waals surface area (Å²) in [6.45, 7) is 3.25. The van der Waals surface area contributed by atoms with Gasteiger partial charge in [-0.25, -0.2) is 13.8 Å². The van der Waals surface area contributed by atoms with Crippen molar-refractivity contribution in [1.82, 2.24) is 9.99 Å². The van der Waals surface area contributed by atoms with Crippen LogP contribution in [0.25, 0.3) is 5.69 Å². The van der Waals surface area contributed by atoms with Gasteiger partial charge in [-0.15, -0.1) is 0 Å². The molecule has 0 radical (unpaired) electrons. The minimum Gasteiger partial charge on any atom is -0.495 e. The van der Waals surface area contributed by atoms with Gasteiger partial charge in [0, 0.05) is 22.0 Å². The van der Waals surface area contributed by atoms with Crippen molar-refractivity contribution in [3.8, 4) is 11.4 Å². The molecule has 4 aromatic rings. The van der Waals surface area contributed by atoms with Gasteiger partial charge in [0.05, 0.1) is 39.6 Å². The maximum Gasteiger partial charge on any atom is 0.264 e. The molecule has 0 aliphatic heterocycles. The van der Waals surface area contributed by atoms with Gasteiger partial charge >= 0.3 is 0 Å². The number of hydrogen-bond acceptors (Lipinski definition) is 5. The third kappa shape index (κ3) is 6.28. The quantitative estimate of drug-likeness (QED) is 0.173. The molecule has 3 aromatic carbocycles. The van der Waals surface area contributed by atoms with E-state index in [9.17, 15) is 13.2 Å². The number of nitrogens with one attached hydrogen (secondary N) is 1. The van der Waals surface area contributed by atoms with Crippen LogP contribution in [0.2, 0.25) is 15.1 Å². The molecule has 1 heterocycles. The number of carbonyl (C=O) groups excluding carboxylic acids is 1. The van der Waals surface area contributed by atoms with Gasteiger partial charge in [-0.3, -0.25) is 9.10 Å². The van der Waals surface area contributed by atoms with Crippen LogP contribution in [0.3, 0.4) is 0 Å². The first kappa shape index (κ1) is 29.5. The number of hydrazone groups is 1. The molecule has 4 rings (SSSR count). The van der Waals surface area contributed by atoms with Crippen molar-refractivity contribution in [3.63, 3.8) is 0 Å². The fourth-order valence-corrected chi connectivity index (χ4v) is 6.19. The van der Waals surface area contributed by atoms with E-state index in [1.165, 1.54) is 43.7 Å². The van der Waals surface area contributed by atoms with Gasteiger partial charge in [-0.05, 0) is 68.4 Å². The number of methoxy groups -OCH3 is 1. The van der Waals surface area contributed by atoms with Crippen molar-refractivity contribution in [1.29, 1.82) is 0 Å². The third-order valence-electron chi connectivity index (χ3n) is 6.05. The maximum absolute atomic E-state index is 13.5. The Morgan fingerprint density at radius 3 is 2.40 bits per heavy atom. The minimum absolute atomic E-state index is 0.0188. The first-order chi connectivity index (χ1) is 19.0. The molecule has 208 valence electrons. The second kappa shape index (κ2) is 12.3. The van der Waals surface area contributed by atoms with Crippen LogP contribution >= 0.6 is 34.8 Å². The Kier molecular flexibility index (Phi) is 9.10. The monoisotopic (exact) mass is 618 g/mol. The van der Waals surface area contributed by atoms with Crippen molar-refractivity contribution in [2.24, 2.45) is 5.10 Å². The second-order valence-corrected chi connectivity index (χ2v) is 11.8. The Bertz CT molecular complexity index is 1690. The van der Waals surface area contributed by atoms with Crippen molar-refractivity contribution in [2.75, 3.05) is 18.0 Å². The molecule has 0 saturated carbocycles. The summed E-state index contributed by atoms with van der Waals surface area (Å²) in [5, 5.41) is 5.34. The summed E-state index contributed by atoms with van der Waals surface area (Å²) in [4.78, 5) is 13.0. The molecule has 1 N–H and O–H groups in total. The number of halogens is 3. The normalized spacial score (nSPS) is 11.6. The van der Waals surface area contributed by atoms with E-state index in [4.69, 9.17) is 39.5 Å². The minimum atomic E-state index is -4.12. The number of anilines is 1. The van der Waals surface area contributed by atoms with E-state index < -0.39 is 22.5 Å². The average molecular weight is 620 g/mol. The third-order valence-corrected chi connectivity index (χ3v) is 8.69. The summed E-state index contributed by atoms with van der Waals surface area (Å²) in [7, 11) is -2.67. The molecule has 1 aromatic heterocycles. The molecule has 0 atom stereocenters. The standard InChI is InChI=1S/C28H25Cl3N4O4S/c1-18-13-20(19(2)35(18)26-14-21(29)9-11-24(26)30)16-32-33-28(36)17-34(22-10-12-27(39-3)25(31)15-22)40(37,38)23-7-5-4-6-8-23/h4-16H,17H2,1-3H3,(H,33,36)/b32-16+. The first-order valence-electron chi connectivity index (χ1n) is 11.9. The number of nitrogens with zero attached hydrogens (tertiary/aromatic N) is 3. The Morgan fingerprint density at radius 2 is 1.73 bits per heavy atom. The van der Waals surface area contributed by atoms with Gasteiger partial charge in [0.15, 0.2) is 0 Å². The molecule has 40 heavy (non-hydrogen) atoms. The predicted octanol–water partition coefficient (Wildman–Crippen LogP) is 6.41. The molecule has 0 spiro atoms. The average Bonchev–Trinajstić information content (AvgIpc) is 3.21. The Morgan fingerprint density at radius 1 is 1.00 bits per heavy atom. The van der Waals surface area contributed by atoms with E-state index in [1.54, 1.807) is 36.4 Å². The highest BCUT2D eigenvalue weighted by atomic mass is 35.5. The van der Waals surface area contributed by atoms with Gasteiger partial charge in [0.2, 0.25) is 0 Å². The zero-order valence-corrected chi connectivity index (χ0v) is 24.8. The van der Waals surface area contributed by atoms with Crippen LogP contribution < -0.4 is 14.5 Å². The smallest absolute Gasteiger partial charge is 0.264 e. The van der Waals surface area contributed by atoms with E-state index in [0.717, 1.165) is 21.3 Å². The molecule has 0 aliphatic rings. The summed E-state index contributed by atoms with van der Waals surface area (Å²) in [5.41, 5.74) is 5.75. The van der Waals surface area contributed by atoms with E-state index >= 15 is 0 Å². The van der Waals surface area contributed by atoms with Crippen LogP contribution in [-0.4, -0.2) is 38.8 Å². The lowest BCUT2D eigenvalue weighted by Gasteiger charge is -2.24. The van der Waals surface area contributed by atoms with Gasteiger partial charge < -0.3 is 9.30 Å². The van der Waals surface area contributed by atoms with Gasteiger partial charge in [0.25, 0.3) is 15.9 Å². The highest BCUT2D eigenvalue weighted by Gasteiger charge is 2.27. The lowest BCUT2D eigenvalue weighted by molar-refractivity contribution is -0.119. The molecular weight excluding hydrogens is 595 g/mol. The Balaban J connectivity index is 1.58. The lowest BCUT2D eigenvalue weighted by Crippen LogP contribution is -2.39. The number of sulfonamides is 1. The summed E-state index contributed by atoms with van der Waals surface area (Å²) < 4.78 is 35.1. The Labute approximate surface area is 247 Å². The molecular formula is C28H25Cl3N4O4S. The van der Waals surface area contributed by atoms with E-state index in [1.807, 2.05) is 24.5 Å². The van der Waals surface area contributed by atoms with Crippen LogP contribution in [0.15, 0.2) is 82.8 Å². The number of ether oxygens (including phenoxy) is 1. The Hall–Kier alpha value is -3.50. The van der Waals surface area contributed by atoms with Crippen molar-refractivity contribution >= 4 is 62.6 Å². The molecule has 8 nitrogen and oxygen atoms in total. The molecule has 0 aliphatic carbocycles. The van der Waals surface area contributed by atoms with E-state index in [2.05, 4.69) is 10.5 Å². The molecule has 0 unspecified atom stereocenters.